The van der Waals surface area contributed by atoms with E-state index in [0.29, 0.717) is 24.7 Å². The number of ether oxygens (including phenoxy) is 1. The van der Waals surface area contributed by atoms with Gasteiger partial charge in [0.15, 0.2) is 0 Å². The average molecular weight is 347 g/mol. The highest BCUT2D eigenvalue weighted by Crippen LogP contribution is 2.51. The van der Waals surface area contributed by atoms with Crippen molar-refractivity contribution < 1.29 is 14.1 Å². The molecule has 0 aliphatic heterocycles. The van der Waals surface area contributed by atoms with Crippen LogP contribution in [-0.2, 0) is 16.0 Å². The summed E-state index contributed by atoms with van der Waals surface area (Å²) in [7, 11) is 0. The van der Waals surface area contributed by atoms with E-state index in [1.165, 1.54) is 37.7 Å². The molecule has 2 aliphatic carbocycles. The SMILES string of the molecule is CC(C)C[C@H]1C[C@@H](c2onc(CCC(=O)OC(C)(C)C)c2C2CC2)C1. The summed E-state index contributed by atoms with van der Waals surface area (Å²) in [5.74, 6) is 3.74. The number of hydrogen-bond donors (Lipinski definition) is 0. The highest BCUT2D eigenvalue weighted by molar-refractivity contribution is 5.70. The Labute approximate surface area is 151 Å². The van der Waals surface area contributed by atoms with Gasteiger partial charge in [-0.25, -0.2) is 0 Å². The van der Waals surface area contributed by atoms with Gasteiger partial charge in [0.25, 0.3) is 0 Å². The van der Waals surface area contributed by atoms with Crippen LogP contribution in [0.3, 0.4) is 0 Å². The zero-order chi connectivity index (χ0) is 18.2. The molecule has 0 spiro atoms. The van der Waals surface area contributed by atoms with E-state index in [-0.39, 0.29) is 5.97 Å². The molecule has 1 aromatic rings. The van der Waals surface area contributed by atoms with E-state index in [4.69, 9.17) is 9.26 Å². The van der Waals surface area contributed by atoms with E-state index in [9.17, 15) is 4.79 Å². The molecule has 2 fully saturated rings. The Bertz CT molecular complexity index is 601. The Morgan fingerprint density at radius 1 is 1.24 bits per heavy atom. The van der Waals surface area contributed by atoms with Gasteiger partial charge in [-0.2, -0.15) is 0 Å². The summed E-state index contributed by atoms with van der Waals surface area (Å²) in [6, 6.07) is 0. The van der Waals surface area contributed by atoms with Crippen LogP contribution in [0.4, 0.5) is 0 Å². The standard InChI is InChI=1S/C21H33NO3/c1-13(2)10-14-11-16(12-14)20-19(15-6-7-15)17(22-25-20)8-9-18(23)24-21(3,4)5/h13-16H,6-12H2,1-5H3/t14-,16+. The van der Waals surface area contributed by atoms with Crippen LogP contribution in [0.25, 0.3) is 0 Å². The van der Waals surface area contributed by atoms with Crippen LogP contribution in [0.15, 0.2) is 4.52 Å². The zero-order valence-electron chi connectivity index (χ0n) is 16.4. The fraction of sp³-hybridized carbons (Fsp3) is 0.810. The molecule has 0 aromatic carbocycles. The van der Waals surface area contributed by atoms with Crippen LogP contribution in [-0.4, -0.2) is 16.7 Å². The van der Waals surface area contributed by atoms with Crippen molar-refractivity contribution in [1.29, 1.82) is 0 Å². The molecule has 0 N–H and O–H groups in total. The molecule has 0 bridgehead atoms. The molecule has 4 nitrogen and oxygen atoms in total. The minimum Gasteiger partial charge on any atom is -0.460 e. The van der Waals surface area contributed by atoms with E-state index in [1.54, 1.807) is 0 Å². The van der Waals surface area contributed by atoms with Crippen LogP contribution in [0.1, 0.15) is 102 Å². The lowest BCUT2D eigenvalue weighted by Gasteiger charge is -2.35. The number of carbonyl (C=O) groups is 1. The van der Waals surface area contributed by atoms with Crippen molar-refractivity contribution in [2.75, 3.05) is 0 Å². The molecule has 1 aromatic heterocycles. The van der Waals surface area contributed by atoms with E-state index >= 15 is 0 Å². The number of rotatable bonds is 7. The molecule has 0 amide bonds. The molecule has 0 saturated heterocycles. The van der Waals surface area contributed by atoms with Crippen molar-refractivity contribution in [2.45, 2.75) is 97.0 Å². The summed E-state index contributed by atoms with van der Waals surface area (Å²) in [6.07, 6.45) is 7.26. The predicted octanol–water partition coefficient (Wildman–Crippen LogP) is 5.37. The monoisotopic (exact) mass is 347 g/mol. The van der Waals surface area contributed by atoms with Crippen LogP contribution in [0.5, 0.6) is 0 Å². The molecule has 0 radical (unpaired) electrons. The normalized spacial score (nSPS) is 23.6. The van der Waals surface area contributed by atoms with Gasteiger partial charge in [-0.3, -0.25) is 4.79 Å². The fourth-order valence-corrected chi connectivity index (χ4v) is 4.05. The van der Waals surface area contributed by atoms with Crippen molar-refractivity contribution in [2.24, 2.45) is 11.8 Å². The van der Waals surface area contributed by atoms with E-state index < -0.39 is 5.60 Å². The van der Waals surface area contributed by atoms with Gasteiger partial charge in [-0.15, -0.1) is 0 Å². The summed E-state index contributed by atoms with van der Waals surface area (Å²) in [4.78, 5) is 12.0. The molecule has 0 atom stereocenters. The second-order valence-corrected chi connectivity index (χ2v) is 9.43. The zero-order valence-corrected chi connectivity index (χ0v) is 16.4. The lowest BCUT2D eigenvalue weighted by atomic mass is 9.69. The van der Waals surface area contributed by atoms with Gasteiger partial charge in [-0.1, -0.05) is 19.0 Å². The molecule has 25 heavy (non-hydrogen) atoms. The van der Waals surface area contributed by atoms with Gasteiger partial charge in [-0.05, 0) is 70.6 Å². The van der Waals surface area contributed by atoms with E-state index in [0.717, 1.165) is 23.3 Å². The van der Waals surface area contributed by atoms with Gasteiger partial charge >= 0.3 is 5.97 Å². The molecule has 2 aliphatic rings. The number of aromatic nitrogens is 1. The summed E-state index contributed by atoms with van der Waals surface area (Å²) in [5.41, 5.74) is 1.90. The van der Waals surface area contributed by atoms with Gasteiger partial charge in [0.2, 0.25) is 0 Å². The molecule has 2 saturated carbocycles. The van der Waals surface area contributed by atoms with Crippen molar-refractivity contribution in [3.63, 3.8) is 0 Å². The average Bonchev–Trinajstić information content (AvgIpc) is 3.18. The minimum absolute atomic E-state index is 0.153. The summed E-state index contributed by atoms with van der Waals surface area (Å²) >= 11 is 0. The highest BCUT2D eigenvalue weighted by Gasteiger charge is 2.40. The Balaban J connectivity index is 1.60. The second-order valence-electron chi connectivity index (χ2n) is 9.43. The minimum atomic E-state index is -0.428. The van der Waals surface area contributed by atoms with Crippen molar-refractivity contribution in [3.05, 3.63) is 17.0 Å². The Hall–Kier alpha value is -1.32. The molecule has 140 valence electrons. The number of aryl methyl sites for hydroxylation is 1. The lowest BCUT2D eigenvalue weighted by Crippen LogP contribution is -2.24. The summed E-state index contributed by atoms with van der Waals surface area (Å²) < 4.78 is 11.2. The summed E-state index contributed by atoms with van der Waals surface area (Å²) in [5, 5.41) is 4.35. The number of carbonyl (C=O) groups excluding carboxylic acids is 1. The first-order valence-corrected chi connectivity index (χ1v) is 9.93. The van der Waals surface area contributed by atoms with Crippen molar-refractivity contribution >= 4 is 5.97 Å². The van der Waals surface area contributed by atoms with Crippen LogP contribution < -0.4 is 0 Å². The van der Waals surface area contributed by atoms with E-state index in [2.05, 4.69) is 19.0 Å². The maximum absolute atomic E-state index is 12.0. The third kappa shape index (κ3) is 4.86. The first kappa shape index (κ1) is 18.5. The smallest absolute Gasteiger partial charge is 0.306 e. The number of nitrogens with zero attached hydrogens (tertiary/aromatic N) is 1. The summed E-state index contributed by atoms with van der Waals surface area (Å²) in [6.45, 7) is 10.3. The molecular formula is C21H33NO3. The van der Waals surface area contributed by atoms with Crippen LogP contribution in [0.2, 0.25) is 0 Å². The fourth-order valence-electron chi connectivity index (χ4n) is 4.05. The van der Waals surface area contributed by atoms with Crippen LogP contribution in [0, 0.1) is 11.8 Å². The van der Waals surface area contributed by atoms with Gasteiger partial charge in [0, 0.05) is 17.9 Å². The quantitative estimate of drug-likeness (QED) is 0.623. The number of hydrogen-bond acceptors (Lipinski definition) is 4. The predicted molar refractivity (Wildman–Crippen MR) is 97.6 cm³/mol. The van der Waals surface area contributed by atoms with E-state index in [1.807, 2.05) is 20.8 Å². The first-order chi connectivity index (χ1) is 11.7. The van der Waals surface area contributed by atoms with Crippen molar-refractivity contribution in [3.8, 4) is 0 Å². The highest BCUT2D eigenvalue weighted by atomic mass is 16.6. The molecule has 0 unspecified atom stereocenters. The maximum Gasteiger partial charge on any atom is 0.306 e. The van der Waals surface area contributed by atoms with Crippen LogP contribution >= 0.6 is 0 Å². The Morgan fingerprint density at radius 2 is 1.92 bits per heavy atom. The Kier molecular flexibility index (Phi) is 5.26. The topological polar surface area (TPSA) is 52.3 Å². The number of esters is 1. The van der Waals surface area contributed by atoms with Gasteiger partial charge < -0.3 is 9.26 Å². The molecule has 4 heteroatoms. The molecule has 1 heterocycles. The third-order valence-electron chi connectivity index (χ3n) is 5.21. The lowest BCUT2D eigenvalue weighted by molar-refractivity contribution is -0.154. The van der Waals surface area contributed by atoms with Crippen molar-refractivity contribution in [1.82, 2.24) is 5.16 Å². The largest absolute Gasteiger partial charge is 0.460 e. The second kappa shape index (κ2) is 7.13. The third-order valence-corrected chi connectivity index (χ3v) is 5.21. The maximum atomic E-state index is 12.0. The van der Waals surface area contributed by atoms with Gasteiger partial charge in [0.05, 0.1) is 12.1 Å². The first-order valence-electron chi connectivity index (χ1n) is 9.93. The Morgan fingerprint density at radius 3 is 2.48 bits per heavy atom. The van der Waals surface area contributed by atoms with Gasteiger partial charge in [0.1, 0.15) is 11.4 Å². The molecular weight excluding hydrogens is 314 g/mol. The molecule has 3 rings (SSSR count).